The molecule has 1 heterocycles. The standard InChI is InChI=1S/C17H25BrN2/c1-3-19-15-11-7-8-12-16(15)20(4-2)17(19)13-9-5-6-10-14(13)18/h5-6,9-10,15-17H,3-4,7-8,11-12H2,1-2H3/t15-,16-/m1/s1. The first-order valence-corrected chi connectivity index (χ1v) is 8.83. The number of hydrogen-bond acceptors (Lipinski definition) is 2. The van der Waals surface area contributed by atoms with Crippen LogP contribution in [0.15, 0.2) is 28.7 Å². The molecule has 1 aliphatic heterocycles. The molecule has 0 amide bonds. The number of fused-ring (bicyclic) bond motifs is 1. The van der Waals surface area contributed by atoms with Crippen molar-refractivity contribution in [2.75, 3.05) is 13.1 Å². The molecule has 1 aliphatic carbocycles. The Bertz CT molecular complexity index is 442. The van der Waals surface area contributed by atoms with E-state index in [9.17, 15) is 0 Å². The summed E-state index contributed by atoms with van der Waals surface area (Å²) in [5.41, 5.74) is 1.44. The Balaban J connectivity index is 2.00. The lowest BCUT2D eigenvalue weighted by Gasteiger charge is -2.31. The molecule has 0 unspecified atom stereocenters. The van der Waals surface area contributed by atoms with Crippen molar-refractivity contribution in [2.24, 2.45) is 0 Å². The summed E-state index contributed by atoms with van der Waals surface area (Å²) in [5.74, 6) is 0. The van der Waals surface area contributed by atoms with Gasteiger partial charge in [0.1, 0.15) is 0 Å². The van der Waals surface area contributed by atoms with Crippen LogP contribution in [-0.2, 0) is 0 Å². The van der Waals surface area contributed by atoms with Gasteiger partial charge >= 0.3 is 0 Å². The molecule has 110 valence electrons. The summed E-state index contributed by atoms with van der Waals surface area (Å²) < 4.78 is 1.25. The van der Waals surface area contributed by atoms with Crippen molar-refractivity contribution in [2.45, 2.75) is 57.8 Å². The van der Waals surface area contributed by atoms with Crippen LogP contribution in [0, 0.1) is 0 Å². The van der Waals surface area contributed by atoms with Gasteiger partial charge in [-0.3, -0.25) is 9.80 Å². The minimum Gasteiger partial charge on any atom is -0.280 e. The van der Waals surface area contributed by atoms with E-state index >= 15 is 0 Å². The van der Waals surface area contributed by atoms with Crippen LogP contribution in [0.4, 0.5) is 0 Å². The highest BCUT2D eigenvalue weighted by Crippen LogP contribution is 2.44. The maximum atomic E-state index is 3.77. The average molecular weight is 337 g/mol. The summed E-state index contributed by atoms with van der Waals surface area (Å²) in [6, 6.07) is 10.3. The Morgan fingerprint density at radius 3 is 2.05 bits per heavy atom. The normalized spacial score (nSPS) is 28.8. The van der Waals surface area contributed by atoms with Crippen molar-refractivity contribution < 1.29 is 0 Å². The van der Waals surface area contributed by atoms with E-state index in [0.29, 0.717) is 6.17 Å². The van der Waals surface area contributed by atoms with Gasteiger partial charge in [0.2, 0.25) is 0 Å². The summed E-state index contributed by atoms with van der Waals surface area (Å²) in [6.45, 7) is 6.91. The number of rotatable bonds is 3. The van der Waals surface area contributed by atoms with E-state index in [2.05, 4.69) is 63.8 Å². The van der Waals surface area contributed by atoms with Crippen LogP contribution in [0.3, 0.4) is 0 Å². The zero-order valence-electron chi connectivity index (χ0n) is 12.6. The van der Waals surface area contributed by atoms with Crippen LogP contribution in [0.2, 0.25) is 0 Å². The third-order valence-corrected chi connectivity index (χ3v) is 5.81. The van der Waals surface area contributed by atoms with Crippen LogP contribution in [0.5, 0.6) is 0 Å². The van der Waals surface area contributed by atoms with Gasteiger partial charge in [0.15, 0.2) is 0 Å². The number of likely N-dealkylation sites (N-methyl/N-ethyl adjacent to an activating group) is 2. The highest BCUT2D eigenvalue weighted by atomic mass is 79.9. The Hall–Kier alpha value is -0.380. The summed E-state index contributed by atoms with van der Waals surface area (Å²) in [7, 11) is 0. The molecule has 0 N–H and O–H groups in total. The fourth-order valence-electron chi connectivity index (χ4n) is 4.28. The van der Waals surface area contributed by atoms with Crippen LogP contribution in [0.1, 0.15) is 51.3 Å². The zero-order valence-corrected chi connectivity index (χ0v) is 14.1. The number of nitrogens with zero attached hydrogens (tertiary/aromatic N) is 2. The molecule has 2 nitrogen and oxygen atoms in total. The molecule has 1 aromatic carbocycles. The van der Waals surface area contributed by atoms with E-state index in [1.807, 2.05) is 0 Å². The second kappa shape index (κ2) is 6.17. The maximum Gasteiger partial charge on any atom is 0.0902 e. The quantitative estimate of drug-likeness (QED) is 0.806. The monoisotopic (exact) mass is 336 g/mol. The van der Waals surface area contributed by atoms with Gasteiger partial charge in [-0.1, -0.05) is 60.8 Å². The van der Waals surface area contributed by atoms with Gasteiger partial charge < -0.3 is 0 Å². The van der Waals surface area contributed by atoms with Crippen molar-refractivity contribution in [3.63, 3.8) is 0 Å². The Morgan fingerprint density at radius 1 is 1.00 bits per heavy atom. The van der Waals surface area contributed by atoms with Crippen molar-refractivity contribution >= 4 is 15.9 Å². The molecule has 0 radical (unpaired) electrons. The predicted molar refractivity (Wildman–Crippen MR) is 87.7 cm³/mol. The van der Waals surface area contributed by atoms with Gasteiger partial charge in [-0.2, -0.15) is 0 Å². The number of benzene rings is 1. The second-order valence-electron chi connectivity index (χ2n) is 5.98. The molecule has 0 bridgehead atoms. The van der Waals surface area contributed by atoms with Crippen LogP contribution >= 0.6 is 15.9 Å². The van der Waals surface area contributed by atoms with Crippen molar-refractivity contribution in [1.82, 2.24) is 9.80 Å². The molecular weight excluding hydrogens is 312 g/mol. The second-order valence-corrected chi connectivity index (χ2v) is 6.83. The Morgan fingerprint density at radius 2 is 1.55 bits per heavy atom. The predicted octanol–water partition coefficient (Wildman–Crippen LogP) is 4.42. The first kappa shape index (κ1) is 14.6. The summed E-state index contributed by atoms with van der Waals surface area (Å²) >= 11 is 3.77. The topological polar surface area (TPSA) is 6.48 Å². The smallest absolute Gasteiger partial charge is 0.0902 e. The molecule has 3 rings (SSSR count). The van der Waals surface area contributed by atoms with Crippen molar-refractivity contribution in [3.8, 4) is 0 Å². The molecular formula is C17H25BrN2. The molecule has 1 aromatic rings. The molecule has 2 fully saturated rings. The molecule has 3 heteroatoms. The van der Waals surface area contributed by atoms with Gasteiger partial charge in [0.25, 0.3) is 0 Å². The fraction of sp³-hybridized carbons (Fsp3) is 0.647. The number of hydrogen-bond donors (Lipinski definition) is 0. The first-order valence-electron chi connectivity index (χ1n) is 8.03. The molecule has 0 spiro atoms. The molecule has 1 saturated carbocycles. The Kier molecular flexibility index (Phi) is 4.49. The Labute approximate surface area is 131 Å². The largest absolute Gasteiger partial charge is 0.280 e. The van der Waals surface area contributed by atoms with E-state index in [0.717, 1.165) is 25.2 Å². The summed E-state index contributed by atoms with van der Waals surface area (Å²) in [6.07, 6.45) is 6.00. The average Bonchev–Trinajstić information content (AvgIpc) is 2.81. The molecule has 20 heavy (non-hydrogen) atoms. The van der Waals surface area contributed by atoms with E-state index in [-0.39, 0.29) is 0 Å². The van der Waals surface area contributed by atoms with E-state index < -0.39 is 0 Å². The lowest BCUT2D eigenvalue weighted by atomic mass is 9.90. The molecule has 2 aliphatic rings. The minimum atomic E-state index is 0.452. The van der Waals surface area contributed by atoms with Crippen LogP contribution < -0.4 is 0 Å². The van der Waals surface area contributed by atoms with Crippen molar-refractivity contribution in [3.05, 3.63) is 34.3 Å². The highest BCUT2D eigenvalue weighted by Gasteiger charge is 2.47. The lowest BCUT2D eigenvalue weighted by Crippen LogP contribution is -2.39. The maximum absolute atomic E-state index is 3.77. The fourth-order valence-corrected chi connectivity index (χ4v) is 4.76. The van der Waals surface area contributed by atoms with E-state index in [1.54, 1.807) is 0 Å². The van der Waals surface area contributed by atoms with E-state index in [4.69, 9.17) is 0 Å². The SMILES string of the molecule is CCN1C(c2ccccc2Br)N(CC)[C@@H]2CCCC[C@H]21. The minimum absolute atomic E-state index is 0.452. The lowest BCUT2D eigenvalue weighted by molar-refractivity contribution is 0.123. The zero-order chi connectivity index (χ0) is 14.1. The number of halogens is 1. The van der Waals surface area contributed by atoms with Gasteiger partial charge in [-0.05, 0) is 37.6 Å². The van der Waals surface area contributed by atoms with Crippen LogP contribution in [0.25, 0.3) is 0 Å². The van der Waals surface area contributed by atoms with Crippen molar-refractivity contribution in [1.29, 1.82) is 0 Å². The third kappa shape index (κ3) is 2.34. The van der Waals surface area contributed by atoms with E-state index in [1.165, 1.54) is 35.7 Å². The molecule has 2 atom stereocenters. The molecule has 1 saturated heterocycles. The molecule has 0 aromatic heterocycles. The summed E-state index contributed by atoms with van der Waals surface area (Å²) in [5, 5.41) is 0. The third-order valence-electron chi connectivity index (χ3n) is 5.09. The first-order chi connectivity index (χ1) is 9.77. The highest BCUT2D eigenvalue weighted by molar-refractivity contribution is 9.10. The van der Waals surface area contributed by atoms with Gasteiger partial charge in [-0.25, -0.2) is 0 Å². The van der Waals surface area contributed by atoms with Gasteiger partial charge in [-0.15, -0.1) is 0 Å². The van der Waals surface area contributed by atoms with Gasteiger partial charge in [0.05, 0.1) is 6.17 Å². The van der Waals surface area contributed by atoms with Crippen LogP contribution in [-0.4, -0.2) is 35.0 Å². The summed E-state index contributed by atoms with van der Waals surface area (Å²) in [4.78, 5) is 5.46. The van der Waals surface area contributed by atoms with Gasteiger partial charge in [0, 0.05) is 16.6 Å².